The van der Waals surface area contributed by atoms with Crippen molar-refractivity contribution in [3.63, 3.8) is 0 Å². The molecule has 0 amide bonds. The van der Waals surface area contributed by atoms with Crippen molar-refractivity contribution in [3.05, 3.63) is 63.7 Å². The van der Waals surface area contributed by atoms with Crippen molar-refractivity contribution in [2.75, 3.05) is 5.73 Å². The van der Waals surface area contributed by atoms with E-state index in [4.69, 9.17) is 17.3 Å². The molecule has 0 fully saturated rings. The number of rotatable bonds is 2. The Balaban J connectivity index is 2.57. The van der Waals surface area contributed by atoms with Crippen LogP contribution < -0.4 is 5.73 Å². The Hall–Kier alpha value is -1.80. The monoisotopic (exact) mass is 259 g/mol. The number of anilines is 1. The highest BCUT2D eigenvalue weighted by atomic mass is 35.5. The lowest BCUT2D eigenvalue weighted by atomic mass is 9.97. The van der Waals surface area contributed by atoms with E-state index in [1.54, 1.807) is 30.3 Å². The molecule has 0 atom stereocenters. The quantitative estimate of drug-likeness (QED) is 0.659. The summed E-state index contributed by atoms with van der Waals surface area (Å²) < 4.78 is 0. The number of hydrogen-bond donors (Lipinski definition) is 1. The van der Waals surface area contributed by atoms with Crippen molar-refractivity contribution in [2.24, 2.45) is 0 Å². The Kier molecular flexibility index (Phi) is 3.39. The summed E-state index contributed by atoms with van der Waals surface area (Å²) in [6.07, 6.45) is 0. The smallest absolute Gasteiger partial charge is 0.196 e. The highest BCUT2D eigenvalue weighted by molar-refractivity contribution is 6.35. The second-order valence-corrected chi connectivity index (χ2v) is 4.76. The van der Waals surface area contributed by atoms with Crippen LogP contribution in [0.25, 0.3) is 0 Å². The molecule has 0 saturated carbocycles. The van der Waals surface area contributed by atoms with Crippen LogP contribution in [0.2, 0.25) is 5.02 Å². The number of ketones is 1. The van der Waals surface area contributed by atoms with Crippen LogP contribution in [0.3, 0.4) is 0 Å². The van der Waals surface area contributed by atoms with Crippen LogP contribution in [-0.2, 0) is 0 Å². The van der Waals surface area contributed by atoms with Gasteiger partial charge in [-0.1, -0.05) is 29.8 Å². The van der Waals surface area contributed by atoms with E-state index in [0.717, 1.165) is 11.1 Å². The molecule has 0 radical (unpaired) electrons. The Morgan fingerprint density at radius 3 is 2.44 bits per heavy atom. The number of benzene rings is 2. The molecule has 0 heterocycles. The fourth-order valence-corrected chi connectivity index (χ4v) is 2.18. The summed E-state index contributed by atoms with van der Waals surface area (Å²) in [6.45, 7) is 3.83. The highest BCUT2D eigenvalue weighted by Gasteiger charge is 2.16. The van der Waals surface area contributed by atoms with Gasteiger partial charge in [-0.3, -0.25) is 4.79 Å². The van der Waals surface area contributed by atoms with Crippen LogP contribution in [0, 0.1) is 13.8 Å². The summed E-state index contributed by atoms with van der Waals surface area (Å²) in [5, 5.41) is 0.445. The van der Waals surface area contributed by atoms with Gasteiger partial charge in [-0.05, 0) is 43.2 Å². The van der Waals surface area contributed by atoms with E-state index in [2.05, 4.69) is 0 Å². The van der Waals surface area contributed by atoms with E-state index in [1.165, 1.54) is 0 Å². The fourth-order valence-electron chi connectivity index (χ4n) is 1.96. The molecule has 2 aromatic carbocycles. The first kappa shape index (κ1) is 12.7. The summed E-state index contributed by atoms with van der Waals surface area (Å²) in [6, 6.07) is 10.8. The summed E-state index contributed by atoms with van der Waals surface area (Å²) in [4.78, 5) is 12.4. The summed E-state index contributed by atoms with van der Waals surface area (Å²) in [7, 11) is 0. The molecule has 0 aliphatic heterocycles. The summed E-state index contributed by atoms with van der Waals surface area (Å²) >= 11 is 6.04. The predicted molar refractivity (Wildman–Crippen MR) is 75.2 cm³/mol. The molecule has 0 spiro atoms. The van der Waals surface area contributed by atoms with Crippen molar-refractivity contribution < 1.29 is 4.79 Å². The summed E-state index contributed by atoms with van der Waals surface area (Å²) in [5.74, 6) is -0.134. The molecular formula is C15H14ClNO. The normalized spacial score (nSPS) is 10.4. The molecule has 2 rings (SSSR count). The van der Waals surface area contributed by atoms with Crippen molar-refractivity contribution >= 4 is 23.1 Å². The van der Waals surface area contributed by atoms with Crippen LogP contribution >= 0.6 is 11.6 Å². The minimum Gasteiger partial charge on any atom is -0.398 e. The standard InChI is InChI=1S/C15H14ClNO/c1-9-7-10(2)14(17)12(8-9)15(18)11-5-3-4-6-13(11)16/h3-8H,17H2,1-2H3. The first-order valence-electron chi connectivity index (χ1n) is 5.66. The van der Waals surface area contributed by atoms with Gasteiger partial charge in [0, 0.05) is 16.8 Å². The largest absolute Gasteiger partial charge is 0.398 e. The first-order valence-corrected chi connectivity index (χ1v) is 6.04. The maximum absolute atomic E-state index is 12.4. The molecule has 2 aromatic rings. The third-order valence-corrected chi connectivity index (χ3v) is 3.22. The maximum atomic E-state index is 12.4. The van der Waals surface area contributed by atoms with Gasteiger partial charge in [-0.15, -0.1) is 0 Å². The summed E-state index contributed by atoms with van der Waals surface area (Å²) in [5.41, 5.74) is 9.41. The SMILES string of the molecule is Cc1cc(C)c(N)c(C(=O)c2ccccc2Cl)c1. The van der Waals surface area contributed by atoms with E-state index in [9.17, 15) is 4.79 Å². The third kappa shape index (κ3) is 2.24. The molecule has 0 aromatic heterocycles. The van der Waals surface area contributed by atoms with E-state index in [0.29, 0.717) is 21.8 Å². The second kappa shape index (κ2) is 4.83. The number of hydrogen-bond acceptors (Lipinski definition) is 2. The number of carbonyl (C=O) groups excluding carboxylic acids is 1. The minimum atomic E-state index is -0.134. The molecule has 3 heteroatoms. The molecule has 92 valence electrons. The average molecular weight is 260 g/mol. The molecule has 0 aliphatic carbocycles. The minimum absolute atomic E-state index is 0.134. The lowest BCUT2D eigenvalue weighted by Gasteiger charge is -2.10. The zero-order valence-electron chi connectivity index (χ0n) is 10.3. The predicted octanol–water partition coefficient (Wildman–Crippen LogP) is 3.77. The van der Waals surface area contributed by atoms with Crippen LogP contribution in [0.1, 0.15) is 27.0 Å². The van der Waals surface area contributed by atoms with Gasteiger partial charge in [0.05, 0.1) is 5.02 Å². The number of halogens is 1. The van der Waals surface area contributed by atoms with E-state index in [-0.39, 0.29) is 5.78 Å². The van der Waals surface area contributed by atoms with Gasteiger partial charge < -0.3 is 5.73 Å². The average Bonchev–Trinajstić information content (AvgIpc) is 2.33. The number of carbonyl (C=O) groups is 1. The zero-order chi connectivity index (χ0) is 13.3. The number of nitrogens with two attached hydrogens (primary N) is 1. The Bertz CT molecular complexity index is 620. The van der Waals surface area contributed by atoms with Crippen molar-refractivity contribution in [1.82, 2.24) is 0 Å². The molecule has 2 N–H and O–H groups in total. The van der Waals surface area contributed by atoms with Gasteiger partial charge in [0.1, 0.15) is 0 Å². The topological polar surface area (TPSA) is 43.1 Å². The van der Waals surface area contributed by atoms with Gasteiger partial charge in [-0.2, -0.15) is 0 Å². The molecule has 0 unspecified atom stereocenters. The molecule has 0 aliphatic rings. The zero-order valence-corrected chi connectivity index (χ0v) is 11.1. The van der Waals surface area contributed by atoms with Crippen LogP contribution in [0.4, 0.5) is 5.69 Å². The van der Waals surface area contributed by atoms with Gasteiger partial charge in [0.25, 0.3) is 0 Å². The van der Waals surface area contributed by atoms with Crippen molar-refractivity contribution in [3.8, 4) is 0 Å². The lowest BCUT2D eigenvalue weighted by molar-refractivity contribution is 0.103. The Morgan fingerprint density at radius 2 is 1.78 bits per heavy atom. The van der Waals surface area contributed by atoms with Gasteiger partial charge in [-0.25, -0.2) is 0 Å². The maximum Gasteiger partial charge on any atom is 0.196 e. The van der Waals surface area contributed by atoms with Crippen molar-refractivity contribution in [1.29, 1.82) is 0 Å². The Morgan fingerprint density at radius 1 is 1.11 bits per heavy atom. The van der Waals surface area contributed by atoms with Crippen LogP contribution in [-0.4, -0.2) is 5.78 Å². The number of nitrogen functional groups attached to an aromatic ring is 1. The third-order valence-electron chi connectivity index (χ3n) is 2.89. The van der Waals surface area contributed by atoms with Gasteiger partial charge in [0.15, 0.2) is 5.78 Å². The fraction of sp³-hybridized carbons (Fsp3) is 0.133. The Labute approximate surface area is 111 Å². The van der Waals surface area contributed by atoms with E-state index >= 15 is 0 Å². The van der Waals surface area contributed by atoms with Gasteiger partial charge in [0.2, 0.25) is 0 Å². The van der Waals surface area contributed by atoms with E-state index < -0.39 is 0 Å². The van der Waals surface area contributed by atoms with Crippen LogP contribution in [0.15, 0.2) is 36.4 Å². The van der Waals surface area contributed by atoms with Crippen LogP contribution in [0.5, 0.6) is 0 Å². The molecular weight excluding hydrogens is 246 g/mol. The second-order valence-electron chi connectivity index (χ2n) is 4.35. The molecule has 18 heavy (non-hydrogen) atoms. The molecule has 0 bridgehead atoms. The van der Waals surface area contributed by atoms with E-state index in [1.807, 2.05) is 19.9 Å². The molecule has 0 saturated heterocycles. The molecule has 2 nitrogen and oxygen atoms in total. The first-order chi connectivity index (χ1) is 8.50. The lowest BCUT2D eigenvalue weighted by Crippen LogP contribution is -2.08. The number of aryl methyl sites for hydroxylation is 2. The van der Waals surface area contributed by atoms with Crippen molar-refractivity contribution in [2.45, 2.75) is 13.8 Å². The highest BCUT2D eigenvalue weighted by Crippen LogP contribution is 2.25. The van der Waals surface area contributed by atoms with Gasteiger partial charge >= 0.3 is 0 Å².